The Morgan fingerprint density at radius 1 is 1.38 bits per heavy atom. The Labute approximate surface area is 96.9 Å². The lowest BCUT2D eigenvalue weighted by molar-refractivity contribution is 0.471. The molecule has 6 nitrogen and oxygen atoms in total. The van der Waals surface area contributed by atoms with Gasteiger partial charge in [-0.1, -0.05) is 17.4 Å². The third kappa shape index (κ3) is 2.65. The largest absolute Gasteiger partial charge is 0.514 e. The van der Waals surface area contributed by atoms with E-state index in [1.165, 1.54) is 18.1 Å². The van der Waals surface area contributed by atoms with Crippen LogP contribution in [0.2, 0.25) is 0 Å². The van der Waals surface area contributed by atoms with E-state index in [4.69, 9.17) is 5.11 Å². The first-order valence-electron chi connectivity index (χ1n) is 4.62. The molecule has 1 aromatic rings. The topological polar surface area (TPSA) is 81.0 Å². The summed E-state index contributed by atoms with van der Waals surface area (Å²) < 4.78 is 2.86. The first-order valence-corrected chi connectivity index (χ1v) is 5.44. The van der Waals surface area contributed by atoms with Crippen LogP contribution in [-0.4, -0.2) is 5.11 Å². The number of hydrogen-bond donors (Lipinski definition) is 4. The monoisotopic (exact) mass is 237 g/mol. The van der Waals surface area contributed by atoms with Crippen LogP contribution in [0.1, 0.15) is 11.7 Å². The van der Waals surface area contributed by atoms with E-state index in [9.17, 15) is 0 Å². The van der Waals surface area contributed by atoms with Crippen molar-refractivity contribution in [1.82, 2.24) is 15.7 Å². The summed E-state index contributed by atoms with van der Waals surface area (Å²) in [7, 11) is 0. The van der Waals surface area contributed by atoms with E-state index < -0.39 is 0 Å². The first kappa shape index (κ1) is 10.8. The molecule has 0 aliphatic carbocycles. The second-order valence-electron chi connectivity index (χ2n) is 2.98. The van der Waals surface area contributed by atoms with Crippen molar-refractivity contribution in [1.29, 1.82) is 0 Å². The first-order chi connectivity index (χ1) is 7.90. The second kappa shape index (κ2) is 5.38. The highest BCUT2D eigenvalue weighted by Crippen LogP contribution is 2.20. The van der Waals surface area contributed by atoms with Crippen molar-refractivity contribution in [2.45, 2.75) is 11.1 Å². The molecule has 0 saturated heterocycles. The average molecular weight is 237 g/mol. The summed E-state index contributed by atoms with van der Waals surface area (Å²) in [6.07, 6.45) is 2.29. The van der Waals surface area contributed by atoms with Gasteiger partial charge in [-0.15, -0.1) is 5.11 Å². The molecule has 0 fully saturated rings. The van der Waals surface area contributed by atoms with E-state index in [0.717, 1.165) is 16.7 Å². The minimum absolute atomic E-state index is 0.121. The Hall–Kier alpha value is -1.73. The summed E-state index contributed by atoms with van der Waals surface area (Å²) in [5.74, 6) is 0. The summed E-state index contributed by atoms with van der Waals surface area (Å²) in [4.78, 5) is 1.05. The van der Waals surface area contributed by atoms with E-state index in [2.05, 4.69) is 26.0 Å². The van der Waals surface area contributed by atoms with Gasteiger partial charge in [0.2, 0.25) is 0 Å². The van der Waals surface area contributed by atoms with Gasteiger partial charge in [-0.2, -0.15) is 5.43 Å². The van der Waals surface area contributed by atoms with Gasteiger partial charge in [0.05, 0.1) is 6.26 Å². The normalized spacial score (nSPS) is 18.9. The van der Waals surface area contributed by atoms with Crippen LogP contribution in [0.15, 0.2) is 52.0 Å². The molecule has 1 unspecified atom stereocenters. The van der Waals surface area contributed by atoms with Crippen LogP contribution in [-0.2, 0) is 0 Å². The minimum atomic E-state index is -0.121. The molecule has 4 N–H and O–H groups in total. The van der Waals surface area contributed by atoms with Gasteiger partial charge in [0, 0.05) is 11.1 Å². The van der Waals surface area contributed by atoms with Gasteiger partial charge in [-0.3, -0.25) is 0 Å². The van der Waals surface area contributed by atoms with Crippen molar-refractivity contribution in [3.8, 4) is 0 Å². The zero-order valence-electron chi connectivity index (χ0n) is 8.29. The number of benzene rings is 1. The fourth-order valence-corrected chi connectivity index (χ4v) is 1.74. The minimum Gasteiger partial charge on any atom is -0.514 e. The fourth-order valence-electron chi connectivity index (χ4n) is 1.21. The maximum Gasteiger partial charge on any atom is 0.166 e. The van der Waals surface area contributed by atoms with Gasteiger partial charge >= 0.3 is 0 Å². The number of hydrogen-bond acceptors (Lipinski definition) is 7. The van der Waals surface area contributed by atoms with Crippen molar-refractivity contribution >= 4 is 11.9 Å². The molecule has 2 rings (SSSR count). The zero-order valence-corrected chi connectivity index (χ0v) is 9.11. The van der Waals surface area contributed by atoms with Gasteiger partial charge in [0.15, 0.2) is 6.17 Å². The molecule has 0 aromatic heterocycles. The molecule has 7 heteroatoms. The number of hydrazine groups is 1. The van der Waals surface area contributed by atoms with E-state index in [1.807, 2.05) is 24.3 Å². The maximum absolute atomic E-state index is 8.44. The van der Waals surface area contributed by atoms with Crippen LogP contribution in [0.5, 0.6) is 0 Å². The third-order valence-electron chi connectivity index (χ3n) is 1.94. The lowest BCUT2D eigenvalue weighted by Gasteiger charge is -2.06. The summed E-state index contributed by atoms with van der Waals surface area (Å²) in [6.45, 7) is 0. The molecule has 1 aliphatic heterocycles. The van der Waals surface area contributed by atoms with Crippen molar-refractivity contribution in [2.75, 3.05) is 0 Å². The SMILES string of the molecule is O/C=C/NSc1ccc(C2N=NNN2)cc1. The standard InChI is InChI=1S/C9H11N5OS/c15-6-5-10-16-8-3-1-7(2-4-8)9-11-13-14-12-9/h1-6,9-10,15H,(H,11,14)(H,12,13)/b6-5+. The Balaban J connectivity index is 1.96. The lowest BCUT2D eigenvalue weighted by atomic mass is 10.2. The van der Waals surface area contributed by atoms with Gasteiger partial charge in [0.1, 0.15) is 0 Å². The van der Waals surface area contributed by atoms with E-state index in [1.54, 1.807) is 0 Å². The molecular weight excluding hydrogens is 226 g/mol. The van der Waals surface area contributed by atoms with Crippen molar-refractivity contribution < 1.29 is 5.11 Å². The van der Waals surface area contributed by atoms with Crippen LogP contribution in [0.25, 0.3) is 0 Å². The van der Waals surface area contributed by atoms with Crippen LogP contribution < -0.4 is 15.7 Å². The number of aliphatic hydroxyl groups is 1. The molecule has 0 radical (unpaired) electrons. The quantitative estimate of drug-likeness (QED) is 0.474. The smallest absolute Gasteiger partial charge is 0.166 e. The van der Waals surface area contributed by atoms with Gasteiger partial charge in [0.25, 0.3) is 0 Å². The number of nitrogens with zero attached hydrogens (tertiary/aromatic N) is 2. The highest BCUT2D eigenvalue weighted by Gasteiger charge is 2.12. The van der Waals surface area contributed by atoms with Crippen LogP contribution in [0.3, 0.4) is 0 Å². The molecule has 84 valence electrons. The van der Waals surface area contributed by atoms with Crippen LogP contribution in [0.4, 0.5) is 0 Å². The molecular formula is C9H11N5OS. The van der Waals surface area contributed by atoms with E-state index >= 15 is 0 Å². The molecule has 16 heavy (non-hydrogen) atoms. The van der Waals surface area contributed by atoms with Crippen LogP contribution in [0, 0.1) is 0 Å². The molecule has 1 aromatic carbocycles. The Kier molecular flexibility index (Phi) is 3.62. The Morgan fingerprint density at radius 3 is 2.81 bits per heavy atom. The Morgan fingerprint density at radius 2 is 2.19 bits per heavy atom. The third-order valence-corrected chi connectivity index (χ3v) is 2.70. The maximum atomic E-state index is 8.44. The summed E-state index contributed by atoms with van der Waals surface area (Å²) in [5.41, 5.74) is 6.51. The van der Waals surface area contributed by atoms with Gasteiger partial charge < -0.3 is 9.83 Å². The molecule has 0 amide bonds. The molecule has 0 bridgehead atoms. The fraction of sp³-hybridized carbons (Fsp3) is 0.111. The highest BCUT2D eigenvalue weighted by molar-refractivity contribution is 7.97. The summed E-state index contributed by atoms with van der Waals surface area (Å²) in [5, 5.41) is 16.0. The van der Waals surface area contributed by atoms with Gasteiger partial charge in [-0.25, -0.2) is 5.53 Å². The second-order valence-corrected chi connectivity index (χ2v) is 3.89. The lowest BCUT2D eigenvalue weighted by Crippen LogP contribution is -2.23. The van der Waals surface area contributed by atoms with E-state index in [0.29, 0.717) is 0 Å². The number of rotatable bonds is 4. The molecule has 0 spiro atoms. The summed E-state index contributed by atoms with van der Waals surface area (Å²) >= 11 is 1.41. The summed E-state index contributed by atoms with van der Waals surface area (Å²) in [6, 6.07) is 7.87. The number of aliphatic hydroxyl groups excluding tert-OH is 1. The number of nitrogens with one attached hydrogen (secondary N) is 3. The predicted octanol–water partition coefficient (Wildman–Crippen LogP) is 1.79. The van der Waals surface area contributed by atoms with Crippen molar-refractivity contribution in [2.24, 2.45) is 10.3 Å². The van der Waals surface area contributed by atoms with Crippen molar-refractivity contribution in [3.63, 3.8) is 0 Å². The molecule has 1 atom stereocenters. The molecule has 1 aliphatic rings. The van der Waals surface area contributed by atoms with Crippen LogP contribution >= 0.6 is 11.9 Å². The molecule has 0 saturated carbocycles. The predicted molar refractivity (Wildman–Crippen MR) is 61.1 cm³/mol. The highest BCUT2D eigenvalue weighted by atomic mass is 32.2. The van der Waals surface area contributed by atoms with Gasteiger partial charge in [-0.05, 0) is 29.6 Å². The molecule has 1 heterocycles. The van der Waals surface area contributed by atoms with Crippen molar-refractivity contribution in [3.05, 3.63) is 42.3 Å². The average Bonchev–Trinajstić information content (AvgIpc) is 2.84. The van der Waals surface area contributed by atoms with E-state index in [-0.39, 0.29) is 6.17 Å². The Bertz CT molecular complexity index is 391. The zero-order chi connectivity index (χ0) is 11.2.